The summed E-state index contributed by atoms with van der Waals surface area (Å²) in [7, 11) is 0. The van der Waals surface area contributed by atoms with E-state index in [4.69, 9.17) is 16.6 Å². The first kappa shape index (κ1) is 19.3. The van der Waals surface area contributed by atoms with E-state index in [1.54, 1.807) is 6.20 Å². The molecule has 152 valence electrons. The molecule has 0 atom stereocenters. The Morgan fingerprint density at radius 2 is 2.03 bits per heavy atom. The number of benzene rings is 1. The van der Waals surface area contributed by atoms with Crippen LogP contribution in [-0.4, -0.2) is 20.8 Å². The summed E-state index contributed by atoms with van der Waals surface area (Å²) in [5.74, 6) is 0. The number of rotatable bonds is 5. The minimum Gasteiger partial charge on any atom is -0.321 e. The van der Waals surface area contributed by atoms with Gasteiger partial charge in [0.25, 0.3) is 0 Å². The number of fused-ring (bicyclic) bond motifs is 1. The van der Waals surface area contributed by atoms with Crippen molar-refractivity contribution < 1.29 is 0 Å². The van der Waals surface area contributed by atoms with Crippen LogP contribution in [0.5, 0.6) is 0 Å². The molecule has 0 amide bonds. The molecule has 1 aromatic carbocycles. The van der Waals surface area contributed by atoms with Crippen LogP contribution in [0.4, 0.5) is 0 Å². The standard InChI is InChI=1S/C25H25ClN4/c1-16(29-25(2)10-11-25)12-17-6-8-18(9-7-17)23-22(14-27)21-13-19(26)15-28-24(21)30(23)20-4-3-5-20/h6-9,13,15,20H,3-5,10-12H2,1-2H3. The highest BCUT2D eigenvalue weighted by Gasteiger charge is 2.36. The Kier molecular flexibility index (Phi) is 4.67. The van der Waals surface area contributed by atoms with Crippen molar-refractivity contribution in [3.63, 3.8) is 0 Å². The highest BCUT2D eigenvalue weighted by atomic mass is 35.5. The second-order valence-corrected chi connectivity index (χ2v) is 9.47. The molecule has 0 saturated heterocycles. The predicted molar refractivity (Wildman–Crippen MR) is 122 cm³/mol. The summed E-state index contributed by atoms with van der Waals surface area (Å²) in [6, 6.07) is 13.3. The van der Waals surface area contributed by atoms with E-state index in [-0.39, 0.29) is 5.54 Å². The zero-order chi connectivity index (χ0) is 20.9. The topological polar surface area (TPSA) is 54.0 Å². The van der Waals surface area contributed by atoms with Gasteiger partial charge in [-0.15, -0.1) is 0 Å². The first-order chi connectivity index (χ1) is 14.5. The van der Waals surface area contributed by atoms with Gasteiger partial charge in [-0.05, 0) is 63.1 Å². The zero-order valence-corrected chi connectivity index (χ0v) is 18.2. The second-order valence-electron chi connectivity index (χ2n) is 9.03. The number of nitriles is 1. The maximum atomic E-state index is 9.99. The highest BCUT2D eigenvalue weighted by molar-refractivity contribution is 6.31. The van der Waals surface area contributed by atoms with Gasteiger partial charge in [0.05, 0.1) is 21.8 Å². The quantitative estimate of drug-likeness (QED) is 0.445. The van der Waals surface area contributed by atoms with Gasteiger partial charge in [0.15, 0.2) is 0 Å². The van der Waals surface area contributed by atoms with E-state index in [1.807, 2.05) is 6.07 Å². The number of nitrogens with zero attached hydrogens (tertiary/aromatic N) is 4. The van der Waals surface area contributed by atoms with Crippen LogP contribution < -0.4 is 0 Å². The van der Waals surface area contributed by atoms with Crippen molar-refractivity contribution in [1.29, 1.82) is 5.26 Å². The zero-order valence-electron chi connectivity index (χ0n) is 17.5. The molecule has 0 bridgehead atoms. The Morgan fingerprint density at radius 3 is 2.63 bits per heavy atom. The van der Waals surface area contributed by atoms with Gasteiger partial charge >= 0.3 is 0 Å². The average molecular weight is 417 g/mol. The fourth-order valence-electron chi connectivity index (χ4n) is 4.43. The molecule has 2 aromatic heterocycles. The van der Waals surface area contributed by atoms with Gasteiger partial charge in [0, 0.05) is 29.8 Å². The van der Waals surface area contributed by atoms with E-state index < -0.39 is 0 Å². The Bertz CT molecular complexity index is 1190. The largest absolute Gasteiger partial charge is 0.321 e. The minimum atomic E-state index is 0.184. The molecule has 0 unspecified atom stereocenters. The smallest absolute Gasteiger partial charge is 0.142 e. The van der Waals surface area contributed by atoms with Crippen LogP contribution >= 0.6 is 11.6 Å². The summed E-state index contributed by atoms with van der Waals surface area (Å²) in [5, 5.41) is 11.4. The molecule has 30 heavy (non-hydrogen) atoms. The molecule has 2 aliphatic carbocycles. The molecule has 4 nitrogen and oxygen atoms in total. The van der Waals surface area contributed by atoms with Crippen molar-refractivity contribution in [2.45, 2.75) is 64.0 Å². The first-order valence-electron chi connectivity index (χ1n) is 10.7. The SMILES string of the molecule is CC(Cc1ccc(-c2c(C#N)c3cc(Cl)cnc3n2C2CCC2)cc1)=NC1(C)CC1. The summed E-state index contributed by atoms with van der Waals surface area (Å²) in [5.41, 5.74) is 6.16. The number of hydrogen-bond acceptors (Lipinski definition) is 3. The van der Waals surface area contributed by atoms with Crippen LogP contribution in [0.25, 0.3) is 22.3 Å². The number of hydrogen-bond donors (Lipinski definition) is 0. The number of aliphatic imine (C=N–C) groups is 1. The van der Waals surface area contributed by atoms with E-state index in [2.05, 4.69) is 53.7 Å². The van der Waals surface area contributed by atoms with Crippen molar-refractivity contribution in [1.82, 2.24) is 9.55 Å². The summed E-state index contributed by atoms with van der Waals surface area (Å²) in [6.45, 7) is 4.34. The average Bonchev–Trinajstić information content (AvgIpc) is 3.31. The van der Waals surface area contributed by atoms with Gasteiger partial charge < -0.3 is 4.57 Å². The molecule has 0 radical (unpaired) electrons. The van der Waals surface area contributed by atoms with Gasteiger partial charge in [-0.1, -0.05) is 35.9 Å². The molecular weight excluding hydrogens is 392 g/mol. The summed E-state index contributed by atoms with van der Waals surface area (Å²) in [6.07, 6.45) is 8.40. The predicted octanol–water partition coefficient (Wildman–Crippen LogP) is 6.51. The van der Waals surface area contributed by atoms with Gasteiger partial charge in [0.2, 0.25) is 0 Å². The molecule has 0 aliphatic heterocycles. The van der Waals surface area contributed by atoms with Gasteiger partial charge in [-0.3, -0.25) is 4.99 Å². The molecule has 2 fully saturated rings. The molecule has 2 saturated carbocycles. The van der Waals surface area contributed by atoms with Crippen LogP contribution in [0.15, 0.2) is 41.5 Å². The molecule has 0 spiro atoms. The van der Waals surface area contributed by atoms with E-state index in [0.29, 0.717) is 16.6 Å². The lowest BCUT2D eigenvalue weighted by Crippen LogP contribution is -2.18. The fraction of sp³-hybridized carbons (Fsp3) is 0.400. The third-order valence-corrected chi connectivity index (χ3v) is 6.69. The normalized spacial score (nSPS) is 18.3. The lowest BCUT2D eigenvalue weighted by molar-refractivity contribution is 0.323. The number of pyridine rings is 1. The van der Waals surface area contributed by atoms with Crippen molar-refractivity contribution in [2.75, 3.05) is 0 Å². The Hall–Kier alpha value is -2.64. The molecular formula is C25H25ClN4. The molecule has 5 heteroatoms. The Labute approximate surface area is 182 Å². The third-order valence-electron chi connectivity index (χ3n) is 6.48. The van der Waals surface area contributed by atoms with Crippen LogP contribution in [-0.2, 0) is 6.42 Å². The molecule has 2 aliphatic rings. The minimum absolute atomic E-state index is 0.184. The maximum absolute atomic E-state index is 9.99. The highest BCUT2D eigenvalue weighted by Crippen LogP contribution is 2.42. The van der Waals surface area contributed by atoms with E-state index >= 15 is 0 Å². The van der Waals surface area contributed by atoms with Gasteiger partial charge in [-0.25, -0.2) is 4.98 Å². The monoisotopic (exact) mass is 416 g/mol. The second kappa shape index (κ2) is 7.25. The fourth-order valence-corrected chi connectivity index (χ4v) is 4.59. The molecule has 5 rings (SSSR count). The third kappa shape index (κ3) is 3.42. The van der Waals surface area contributed by atoms with Crippen molar-refractivity contribution in [3.8, 4) is 17.3 Å². The van der Waals surface area contributed by atoms with Crippen molar-refractivity contribution in [3.05, 3.63) is 52.7 Å². The molecule has 0 N–H and O–H groups in total. The first-order valence-corrected chi connectivity index (χ1v) is 11.1. The van der Waals surface area contributed by atoms with Crippen LogP contribution in [0.2, 0.25) is 5.02 Å². The number of aromatic nitrogens is 2. The summed E-state index contributed by atoms with van der Waals surface area (Å²) < 4.78 is 2.27. The summed E-state index contributed by atoms with van der Waals surface area (Å²) >= 11 is 6.21. The van der Waals surface area contributed by atoms with Crippen LogP contribution in [0.1, 0.15) is 63.1 Å². The summed E-state index contributed by atoms with van der Waals surface area (Å²) in [4.78, 5) is 9.46. The molecule has 2 heterocycles. The van der Waals surface area contributed by atoms with Crippen LogP contribution in [0.3, 0.4) is 0 Å². The van der Waals surface area contributed by atoms with E-state index in [9.17, 15) is 5.26 Å². The van der Waals surface area contributed by atoms with E-state index in [1.165, 1.54) is 30.5 Å². The lowest BCUT2D eigenvalue weighted by atomic mass is 9.92. The van der Waals surface area contributed by atoms with Crippen molar-refractivity contribution in [2.24, 2.45) is 4.99 Å². The van der Waals surface area contributed by atoms with Crippen molar-refractivity contribution >= 4 is 28.3 Å². The van der Waals surface area contributed by atoms with Gasteiger partial charge in [0.1, 0.15) is 11.7 Å². The lowest BCUT2D eigenvalue weighted by Gasteiger charge is -2.29. The number of halogens is 1. The van der Waals surface area contributed by atoms with Gasteiger partial charge in [-0.2, -0.15) is 5.26 Å². The Balaban J connectivity index is 1.55. The van der Waals surface area contributed by atoms with E-state index in [0.717, 1.165) is 41.6 Å². The maximum Gasteiger partial charge on any atom is 0.142 e. The van der Waals surface area contributed by atoms with Crippen LogP contribution in [0, 0.1) is 11.3 Å². The Morgan fingerprint density at radius 1 is 1.30 bits per heavy atom. The molecule has 3 aromatic rings.